The number of carbonyl (C=O) groups excluding carboxylic acids is 1. The molecule has 1 aromatic heterocycles. The molecule has 0 saturated heterocycles. The quantitative estimate of drug-likeness (QED) is 0.731. The standard InChI is InChI=1S/C21H21N3O2/c1-3-26-21-13-12-19(23-24-21)17-8-10-18(11-9-17)22-20(25)14-16-6-4-15(2)5-7-16/h4-13H,3,14H2,1-2H3,(H,22,25). The van der Waals surface area contributed by atoms with Crippen molar-refractivity contribution in [3.63, 3.8) is 0 Å². The highest BCUT2D eigenvalue weighted by Crippen LogP contribution is 2.20. The first-order valence-electron chi connectivity index (χ1n) is 8.56. The zero-order chi connectivity index (χ0) is 18.4. The van der Waals surface area contributed by atoms with E-state index in [4.69, 9.17) is 4.74 Å². The van der Waals surface area contributed by atoms with Crippen molar-refractivity contribution in [3.05, 3.63) is 71.8 Å². The minimum absolute atomic E-state index is 0.0394. The van der Waals surface area contributed by atoms with Crippen molar-refractivity contribution in [1.29, 1.82) is 0 Å². The van der Waals surface area contributed by atoms with Crippen molar-refractivity contribution in [1.82, 2.24) is 10.2 Å². The van der Waals surface area contributed by atoms with Crippen molar-refractivity contribution >= 4 is 11.6 Å². The summed E-state index contributed by atoms with van der Waals surface area (Å²) in [6.45, 7) is 4.49. The van der Waals surface area contributed by atoms with E-state index < -0.39 is 0 Å². The van der Waals surface area contributed by atoms with Crippen LogP contribution in [0.2, 0.25) is 0 Å². The summed E-state index contributed by atoms with van der Waals surface area (Å²) < 4.78 is 5.29. The topological polar surface area (TPSA) is 64.1 Å². The first kappa shape index (κ1) is 17.6. The molecule has 0 unspecified atom stereocenters. The van der Waals surface area contributed by atoms with Crippen LogP contribution in [0.1, 0.15) is 18.1 Å². The van der Waals surface area contributed by atoms with Gasteiger partial charge in [0.2, 0.25) is 11.8 Å². The third-order valence-electron chi connectivity index (χ3n) is 3.88. The van der Waals surface area contributed by atoms with E-state index in [1.807, 2.05) is 68.4 Å². The Hall–Kier alpha value is -3.21. The zero-order valence-electron chi connectivity index (χ0n) is 14.9. The van der Waals surface area contributed by atoms with Crippen LogP contribution < -0.4 is 10.1 Å². The van der Waals surface area contributed by atoms with Crippen molar-refractivity contribution in [2.75, 3.05) is 11.9 Å². The predicted octanol–water partition coefficient (Wildman–Crippen LogP) is 4.03. The normalized spacial score (nSPS) is 10.4. The van der Waals surface area contributed by atoms with Crippen LogP contribution in [0.25, 0.3) is 11.3 Å². The number of nitrogens with zero attached hydrogens (tertiary/aromatic N) is 2. The van der Waals surface area contributed by atoms with Gasteiger partial charge in [0.1, 0.15) is 0 Å². The maximum absolute atomic E-state index is 12.2. The number of nitrogens with one attached hydrogen (secondary N) is 1. The number of hydrogen-bond acceptors (Lipinski definition) is 4. The van der Waals surface area contributed by atoms with E-state index in [9.17, 15) is 4.79 Å². The molecular formula is C21H21N3O2. The van der Waals surface area contributed by atoms with Crippen molar-refractivity contribution in [2.24, 2.45) is 0 Å². The summed E-state index contributed by atoms with van der Waals surface area (Å²) in [7, 11) is 0. The zero-order valence-corrected chi connectivity index (χ0v) is 14.9. The van der Waals surface area contributed by atoms with Gasteiger partial charge in [0, 0.05) is 17.3 Å². The van der Waals surface area contributed by atoms with Crippen molar-refractivity contribution < 1.29 is 9.53 Å². The van der Waals surface area contributed by atoms with Crippen LogP contribution in [-0.2, 0) is 11.2 Å². The Labute approximate surface area is 153 Å². The number of rotatable bonds is 6. The minimum atomic E-state index is -0.0394. The predicted molar refractivity (Wildman–Crippen MR) is 102 cm³/mol. The number of ether oxygens (including phenoxy) is 1. The number of carbonyl (C=O) groups is 1. The first-order valence-corrected chi connectivity index (χ1v) is 8.56. The molecule has 132 valence electrons. The second kappa shape index (κ2) is 8.25. The van der Waals surface area contributed by atoms with E-state index in [1.165, 1.54) is 5.56 Å². The molecule has 2 aromatic carbocycles. The molecule has 0 atom stereocenters. The van der Waals surface area contributed by atoms with Gasteiger partial charge in [-0.3, -0.25) is 4.79 Å². The van der Waals surface area contributed by atoms with Gasteiger partial charge in [-0.15, -0.1) is 10.2 Å². The lowest BCUT2D eigenvalue weighted by atomic mass is 10.1. The summed E-state index contributed by atoms with van der Waals surface area (Å²) >= 11 is 0. The SMILES string of the molecule is CCOc1ccc(-c2ccc(NC(=O)Cc3ccc(C)cc3)cc2)nn1. The molecule has 3 aromatic rings. The van der Waals surface area contributed by atoms with Gasteiger partial charge in [0.05, 0.1) is 18.7 Å². The number of aryl methyl sites for hydroxylation is 1. The van der Waals surface area contributed by atoms with Crippen LogP contribution in [0, 0.1) is 6.92 Å². The van der Waals surface area contributed by atoms with E-state index in [0.717, 1.165) is 22.5 Å². The van der Waals surface area contributed by atoms with Crippen LogP contribution >= 0.6 is 0 Å². The molecule has 26 heavy (non-hydrogen) atoms. The molecule has 0 aliphatic heterocycles. The maximum Gasteiger partial charge on any atom is 0.233 e. The summed E-state index contributed by atoms with van der Waals surface area (Å²) in [5, 5.41) is 11.1. The monoisotopic (exact) mass is 347 g/mol. The molecule has 3 rings (SSSR count). The number of benzene rings is 2. The molecule has 5 nitrogen and oxygen atoms in total. The highest BCUT2D eigenvalue weighted by molar-refractivity contribution is 5.92. The van der Waals surface area contributed by atoms with Crippen molar-refractivity contribution in [2.45, 2.75) is 20.3 Å². The number of anilines is 1. The largest absolute Gasteiger partial charge is 0.477 e. The lowest BCUT2D eigenvalue weighted by molar-refractivity contribution is -0.115. The van der Waals surface area contributed by atoms with Gasteiger partial charge >= 0.3 is 0 Å². The van der Waals surface area contributed by atoms with E-state index in [0.29, 0.717) is 18.9 Å². The fourth-order valence-electron chi connectivity index (χ4n) is 2.52. The van der Waals surface area contributed by atoms with E-state index in [-0.39, 0.29) is 5.91 Å². The van der Waals surface area contributed by atoms with Gasteiger partial charge in [-0.1, -0.05) is 42.0 Å². The van der Waals surface area contributed by atoms with E-state index in [1.54, 1.807) is 6.07 Å². The number of aromatic nitrogens is 2. The minimum Gasteiger partial charge on any atom is -0.477 e. The Morgan fingerprint density at radius 3 is 2.31 bits per heavy atom. The average molecular weight is 347 g/mol. The van der Waals surface area contributed by atoms with Gasteiger partial charge in [-0.25, -0.2) is 0 Å². The fourth-order valence-corrected chi connectivity index (χ4v) is 2.52. The van der Waals surface area contributed by atoms with Crippen molar-refractivity contribution in [3.8, 4) is 17.1 Å². The molecule has 0 radical (unpaired) electrons. The van der Waals surface area contributed by atoms with Crippen LogP contribution in [-0.4, -0.2) is 22.7 Å². The Morgan fingerprint density at radius 2 is 1.69 bits per heavy atom. The number of amides is 1. The maximum atomic E-state index is 12.2. The molecule has 0 aliphatic carbocycles. The van der Waals surface area contributed by atoms with Gasteiger partial charge in [-0.05, 0) is 37.6 Å². The lowest BCUT2D eigenvalue weighted by Crippen LogP contribution is -2.14. The summed E-state index contributed by atoms with van der Waals surface area (Å²) in [4.78, 5) is 12.2. The third kappa shape index (κ3) is 4.66. The van der Waals surface area contributed by atoms with Gasteiger partial charge in [0.15, 0.2) is 0 Å². The van der Waals surface area contributed by atoms with E-state index >= 15 is 0 Å². The molecule has 5 heteroatoms. The molecule has 1 heterocycles. The Kier molecular flexibility index (Phi) is 5.59. The second-order valence-corrected chi connectivity index (χ2v) is 5.98. The summed E-state index contributed by atoms with van der Waals surface area (Å²) in [5.41, 5.74) is 4.62. The third-order valence-corrected chi connectivity index (χ3v) is 3.88. The summed E-state index contributed by atoms with van der Waals surface area (Å²) in [6, 6.07) is 19.2. The molecule has 1 amide bonds. The van der Waals surface area contributed by atoms with Crippen LogP contribution in [0.5, 0.6) is 5.88 Å². The average Bonchev–Trinajstić information content (AvgIpc) is 2.65. The molecular weight excluding hydrogens is 326 g/mol. The summed E-state index contributed by atoms with van der Waals surface area (Å²) in [5.74, 6) is 0.471. The molecule has 0 aliphatic rings. The smallest absolute Gasteiger partial charge is 0.233 e. The molecule has 0 bridgehead atoms. The first-order chi connectivity index (χ1) is 12.6. The molecule has 1 N–H and O–H groups in total. The van der Waals surface area contributed by atoms with Gasteiger partial charge in [-0.2, -0.15) is 0 Å². The molecule has 0 saturated carbocycles. The Morgan fingerprint density at radius 1 is 0.962 bits per heavy atom. The molecule has 0 fully saturated rings. The Bertz CT molecular complexity index is 857. The number of hydrogen-bond donors (Lipinski definition) is 1. The van der Waals surface area contributed by atoms with Gasteiger partial charge in [0.25, 0.3) is 0 Å². The van der Waals surface area contributed by atoms with E-state index in [2.05, 4.69) is 15.5 Å². The second-order valence-electron chi connectivity index (χ2n) is 5.98. The highest BCUT2D eigenvalue weighted by Gasteiger charge is 2.06. The van der Waals surface area contributed by atoms with Crippen LogP contribution in [0.4, 0.5) is 5.69 Å². The lowest BCUT2D eigenvalue weighted by Gasteiger charge is -2.07. The van der Waals surface area contributed by atoms with Crippen LogP contribution in [0.15, 0.2) is 60.7 Å². The Balaban J connectivity index is 1.61. The summed E-state index contributed by atoms with van der Waals surface area (Å²) in [6.07, 6.45) is 0.354. The highest BCUT2D eigenvalue weighted by atomic mass is 16.5. The van der Waals surface area contributed by atoms with Crippen LogP contribution in [0.3, 0.4) is 0 Å². The molecule has 0 spiro atoms. The fraction of sp³-hybridized carbons (Fsp3) is 0.190. The van der Waals surface area contributed by atoms with Gasteiger partial charge < -0.3 is 10.1 Å².